The molecule has 106 valence electrons. The molecule has 1 aromatic heterocycles. The lowest BCUT2D eigenvalue weighted by Gasteiger charge is -2.04. The Morgan fingerprint density at radius 2 is 2.10 bits per heavy atom. The Balaban J connectivity index is 2.39. The Bertz CT molecular complexity index is 769. The van der Waals surface area contributed by atoms with Gasteiger partial charge in [0, 0.05) is 6.92 Å². The van der Waals surface area contributed by atoms with Gasteiger partial charge in [-0.25, -0.2) is 13.2 Å². The molecule has 0 radical (unpaired) electrons. The number of nitrogens with zero attached hydrogens (tertiary/aromatic N) is 2. The maximum absolute atomic E-state index is 12.1. The van der Waals surface area contributed by atoms with Gasteiger partial charge in [0.15, 0.2) is 9.84 Å². The molecule has 0 saturated carbocycles. The van der Waals surface area contributed by atoms with Gasteiger partial charge in [-0.05, 0) is 18.2 Å². The van der Waals surface area contributed by atoms with E-state index in [4.69, 9.17) is 21.1 Å². The molecule has 1 N–H and O–H groups in total. The zero-order valence-corrected chi connectivity index (χ0v) is 11.8. The molecule has 0 amide bonds. The molecule has 0 aliphatic carbocycles. The first kappa shape index (κ1) is 14.5. The highest BCUT2D eigenvalue weighted by Crippen LogP contribution is 2.23. The number of rotatable bonds is 4. The first-order valence-corrected chi connectivity index (χ1v) is 7.37. The predicted molar refractivity (Wildman–Crippen MR) is 68.3 cm³/mol. The monoisotopic (exact) mass is 316 g/mol. The second-order valence-electron chi connectivity index (χ2n) is 3.92. The van der Waals surface area contributed by atoms with Crippen LogP contribution in [0.3, 0.4) is 0 Å². The average molecular weight is 317 g/mol. The summed E-state index contributed by atoms with van der Waals surface area (Å²) in [5, 5.41) is 16.0. The molecule has 2 aromatic rings. The van der Waals surface area contributed by atoms with Gasteiger partial charge < -0.3 is 9.52 Å². The zero-order chi connectivity index (χ0) is 14.9. The van der Waals surface area contributed by atoms with Gasteiger partial charge in [-0.3, -0.25) is 0 Å². The van der Waals surface area contributed by atoms with E-state index in [0.29, 0.717) is 0 Å². The number of aromatic nitrogens is 2. The highest BCUT2D eigenvalue weighted by atomic mass is 35.5. The quantitative estimate of drug-likeness (QED) is 0.913. The summed E-state index contributed by atoms with van der Waals surface area (Å²) < 4.78 is 29.3. The molecule has 2 rings (SSSR count). The third-order valence-electron chi connectivity index (χ3n) is 2.41. The second kappa shape index (κ2) is 5.22. The number of carbonyl (C=O) groups is 1. The highest BCUT2D eigenvalue weighted by molar-refractivity contribution is 7.90. The van der Waals surface area contributed by atoms with Gasteiger partial charge in [0.05, 0.1) is 15.5 Å². The molecular weight excluding hydrogens is 308 g/mol. The van der Waals surface area contributed by atoms with Crippen molar-refractivity contribution < 1.29 is 22.7 Å². The Kier molecular flexibility index (Phi) is 3.78. The molecule has 9 heteroatoms. The van der Waals surface area contributed by atoms with Crippen LogP contribution in [0.1, 0.15) is 22.1 Å². The zero-order valence-electron chi connectivity index (χ0n) is 10.2. The van der Waals surface area contributed by atoms with Crippen molar-refractivity contribution in [3.63, 3.8) is 0 Å². The van der Waals surface area contributed by atoms with Crippen LogP contribution in [0.2, 0.25) is 5.02 Å². The lowest BCUT2D eigenvalue weighted by atomic mass is 10.2. The van der Waals surface area contributed by atoms with Crippen molar-refractivity contribution in [2.45, 2.75) is 17.6 Å². The Morgan fingerprint density at radius 1 is 1.40 bits per heavy atom. The molecule has 0 aliphatic heterocycles. The molecule has 1 aromatic carbocycles. The van der Waals surface area contributed by atoms with Crippen LogP contribution < -0.4 is 0 Å². The summed E-state index contributed by atoms with van der Waals surface area (Å²) in [7, 11) is -3.79. The summed E-state index contributed by atoms with van der Waals surface area (Å²) in [6, 6.07) is 3.45. The Morgan fingerprint density at radius 3 is 2.65 bits per heavy atom. The van der Waals surface area contributed by atoms with E-state index in [1.807, 2.05) is 0 Å². The van der Waals surface area contributed by atoms with E-state index in [1.165, 1.54) is 19.1 Å². The van der Waals surface area contributed by atoms with Crippen LogP contribution in [0.15, 0.2) is 27.5 Å². The topological polar surface area (TPSA) is 110 Å². The lowest BCUT2D eigenvalue weighted by Crippen LogP contribution is -2.07. The SMILES string of the molecule is Cc1nnc(CS(=O)(=O)c2ccc(Cl)c(C(=O)O)c2)o1. The van der Waals surface area contributed by atoms with Crippen molar-refractivity contribution in [1.29, 1.82) is 0 Å². The number of benzene rings is 1. The number of aromatic carboxylic acids is 1. The molecular formula is C11H9ClN2O5S. The van der Waals surface area contributed by atoms with Crippen LogP contribution in [0.5, 0.6) is 0 Å². The molecule has 7 nitrogen and oxygen atoms in total. The fourth-order valence-electron chi connectivity index (χ4n) is 1.50. The minimum absolute atomic E-state index is 0.0370. The second-order valence-corrected chi connectivity index (χ2v) is 6.32. The van der Waals surface area contributed by atoms with Gasteiger partial charge in [-0.1, -0.05) is 11.6 Å². The van der Waals surface area contributed by atoms with E-state index < -0.39 is 21.6 Å². The maximum atomic E-state index is 12.1. The third kappa shape index (κ3) is 2.97. The summed E-state index contributed by atoms with van der Waals surface area (Å²) in [6.07, 6.45) is 0. The molecule has 0 atom stereocenters. The average Bonchev–Trinajstić information content (AvgIpc) is 2.73. The smallest absolute Gasteiger partial charge is 0.337 e. The fraction of sp³-hybridized carbons (Fsp3) is 0.182. The van der Waals surface area contributed by atoms with Crippen LogP contribution >= 0.6 is 11.6 Å². The number of carboxylic acids is 1. The normalized spacial score (nSPS) is 11.5. The summed E-state index contributed by atoms with van der Waals surface area (Å²) in [5.41, 5.74) is -0.283. The number of aryl methyl sites for hydroxylation is 1. The van der Waals surface area contributed by atoms with E-state index in [-0.39, 0.29) is 27.3 Å². The van der Waals surface area contributed by atoms with Crippen LogP contribution in [-0.2, 0) is 15.6 Å². The highest BCUT2D eigenvalue weighted by Gasteiger charge is 2.21. The Hall–Kier alpha value is -1.93. The first-order chi connectivity index (χ1) is 9.29. The van der Waals surface area contributed by atoms with Crippen molar-refractivity contribution in [2.24, 2.45) is 0 Å². The van der Waals surface area contributed by atoms with Crippen LogP contribution in [0, 0.1) is 6.92 Å². The molecule has 0 saturated heterocycles. The van der Waals surface area contributed by atoms with Crippen LogP contribution in [0.25, 0.3) is 0 Å². The largest absolute Gasteiger partial charge is 0.478 e. The summed E-state index contributed by atoms with van der Waals surface area (Å²) in [4.78, 5) is 10.8. The van der Waals surface area contributed by atoms with Crippen molar-refractivity contribution in [3.8, 4) is 0 Å². The Labute approximate surface area is 119 Å². The van der Waals surface area contributed by atoms with Gasteiger partial charge in [0.25, 0.3) is 0 Å². The van der Waals surface area contributed by atoms with E-state index >= 15 is 0 Å². The van der Waals surface area contributed by atoms with E-state index in [9.17, 15) is 13.2 Å². The minimum atomic E-state index is -3.79. The van der Waals surface area contributed by atoms with Crippen LogP contribution in [0.4, 0.5) is 0 Å². The number of halogens is 1. The number of sulfone groups is 1. The van der Waals surface area contributed by atoms with Crippen molar-refractivity contribution in [1.82, 2.24) is 10.2 Å². The molecule has 20 heavy (non-hydrogen) atoms. The molecule has 0 aliphatic rings. The van der Waals surface area contributed by atoms with Crippen molar-refractivity contribution in [2.75, 3.05) is 0 Å². The fourth-order valence-corrected chi connectivity index (χ4v) is 2.88. The molecule has 1 heterocycles. The van der Waals surface area contributed by atoms with Crippen molar-refractivity contribution >= 4 is 27.4 Å². The lowest BCUT2D eigenvalue weighted by molar-refractivity contribution is 0.0697. The molecule has 0 unspecified atom stereocenters. The van der Waals surface area contributed by atoms with E-state index in [2.05, 4.69) is 10.2 Å². The van der Waals surface area contributed by atoms with Crippen molar-refractivity contribution in [3.05, 3.63) is 40.6 Å². The molecule has 0 bridgehead atoms. The minimum Gasteiger partial charge on any atom is -0.478 e. The number of hydrogen-bond donors (Lipinski definition) is 1. The first-order valence-electron chi connectivity index (χ1n) is 5.34. The van der Waals surface area contributed by atoms with E-state index in [1.54, 1.807) is 0 Å². The predicted octanol–water partition coefficient (Wildman–Crippen LogP) is 1.70. The number of carboxylic acid groups (broad SMARTS) is 1. The van der Waals surface area contributed by atoms with Crippen LogP contribution in [-0.4, -0.2) is 29.7 Å². The van der Waals surface area contributed by atoms with Gasteiger partial charge in [0.2, 0.25) is 11.8 Å². The van der Waals surface area contributed by atoms with E-state index in [0.717, 1.165) is 6.07 Å². The van der Waals surface area contributed by atoms with Gasteiger partial charge in [-0.2, -0.15) is 0 Å². The maximum Gasteiger partial charge on any atom is 0.337 e. The van der Waals surface area contributed by atoms with Gasteiger partial charge in [-0.15, -0.1) is 10.2 Å². The summed E-state index contributed by atoms with van der Waals surface area (Å²) in [6.45, 7) is 1.54. The standard InChI is InChI=1S/C11H9ClN2O5S/c1-6-13-14-10(19-6)5-20(17,18)7-2-3-9(12)8(4-7)11(15)16/h2-4H,5H2,1H3,(H,15,16). The molecule has 0 fully saturated rings. The van der Waals surface area contributed by atoms with Gasteiger partial charge in [0.1, 0.15) is 5.75 Å². The number of hydrogen-bond acceptors (Lipinski definition) is 6. The summed E-state index contributed by atoms with van der Waals surface area (Å²) >= 11 is 5.69. The molecule has 0 spiro atoms. The van der Waals surface area contributed by atoms with Gasteiger partial charge >= 0.3 is 5.97 Å². The third-order valence-corrected chi connectivity index (χ3v) is 4.34. The summed E-state index contributed by atoms with van der Waals surface area (Å²) in [5.74, 6) is -1.62.